The van der Waals surface area contributed by atoms with Crippen LogP contribution in [0.15, 0.2) is 102 Å². The van der Waals surface area contributed by atoms with Gasteiger partial charge in [0.25, 0.3) is 11.8 Å². The maximum Gasteiger partial charge on any atom is 0.272 e. The lowest BCUT2D eigenvalue weighted by Crippen LogP contribution is -2.30. The van der Waals surface area contributed by atoms with E-state index in [2.05, 4.69) is 16.0 Å². The number of aryl methyl sites for hydroxylation is 2. The third-order valence-electron chi connectivity index (χ3n) is 6.26. The van der Waals surface area contributed by atoms with E-state index in [1.54, 1.807) is 60.7 Å². The molecule has 1 atom stereocenters. The summed E-state index contributed by atoms with van der Waals surface area (Å²) in [6.45, 7) is 5.78. The van der Waals surface area contributed by atoms with Crippen LogP contribution in [0.2, 0.25) is 10.0 Å². The van der Waals surface area contributed by atoms with Crippen molar-refractivity contribution in [2.24, 2.45) is 0 Å². The number of amides is 3. The van der Waals surface area contributed by atoms with Gasteiger partial charge in [-0.3, -0.25) is 14.4 Å². The van der Waals surface area contributed by atoms with E-state index in [-0.39, 0.29) is 16.9 Å². The first-order valence-electron chi connectivity index (χ1n) is 13.1. The SMILES string of the molecule is Cc1ccc(C)c(NC(=O)C(C)Sc2ccc(NC(=O)/C(=C/c3c(Cl)cccc3Cl)NC(=O)c3ccccc3)cc2)c1. The summed E-state index contributed by atoms with van der Waals surface area (Å²) >= 11 is 14.1. The lowest BCUT2D eigenvalue weighted by Gasteiger charge is -2.15. The van der Waals surface area contributed by atoms with Crippen LogP contribution in [-0.2, 0) is 9.59 Å². The summed E-state index contributed by atoms with van der Waals surface area (Å²) in [5, 5.41) is 8.80. The molecule has 0 heterocycles. The average Bonchev–Trinajstić information content (AvgIpc) is 2.97. The van der Waals surface area contributed by atoms with Gasteiger partial charge in [-0.1, -0.05) is 59.6 Å². The van der Waals surface area contributed by atoms with E-state index in [4.69, 9.17) is 23.2 Å². The largest absolute Gasteiger partial charge is 0.325 e. The maximum atomic E-state index is 13.3. The summed E-state index contributed by atoms with van der Waals surface area (Å²) < 4.78 is 0. The molecule has 214 valence electrons. The normalized spacial score (nSPS) is 11.9. The maximum absolute atomic E-state index is 13.3. The van der Waals surface area contributed by atoms with Gasteiger partial charge in [-0.05, 0) is 92.6 Å². The van der Waals surface area contributed by atoms with Gasteiger partial charge in [0, 0.05) is 37.4 Å². The third-order valence-corrected chi connectivity index (χ3v) is 8.03. The quantitative estimate of drug-likeness (QED) is 0.131. The molecule has 4 aromatic carbocycles. The first-order valence-corrected chi connectivity index (χ1v) is 14.7. The van der Waals surface area contributed by atoms with Crippen molar-refractivity contribution in [3.8, 4) is 0 Å². The number of benzene rings is 4. The van der Waals surface area contributed by atoms with Gasteiger partial charge >= 0.3 is 0 Å². The summed E-state index contributed by atoms with van der Waals surface area (Å²) in [6.07, 6.45) is 1.45. The van der Waals surface area contributed by atoms with E-state index in [9.17, 15) is 14.4 Å². The van der Waals surface area contributed by atoms with Crippen LogP contribution in [0.4, 0.5) is 11.4 Å². The lowest BCUT2D eigenvalue weighted by atomic mass is 10.1. The second kappa shape index (κ2) is 14.2. The zero-order chi connectivity index (χ0) is 30.2. The molecule has 4 rings (SSSR count). The number of rotatable bonds is 9. The summed E-state index contributed by atoms with van der Waals surface area (Å²) in [6, 6.07) is 26.6. The number of anilines is 2. The van der Waals surface area contributed by atoms with Gasteiger partial charge in [0.15, 0.2) is 0 Å². The van der Waals surface area contributed by atoms with E-state index in [0.717, 1.165) is 21.7 Å². The van der Waals surface area contributed by atoms with Crippen LogP contribution in [0.3, 0.4) is 0 Å². The molecule has 0 spiro atoms. The number of hydrogen-bond donors (Lipinski definition) is 3. The van der Waals surface area contributed by atoms with E-state index < -0.39 is 11.8 Å². The van der Waals surface area contributed by atoms with Crippen LogP contribution >= 0.6 is 35.0 Å². The van der Waals surface area contributed by atoms with Gasteiger partial charge in [-0.2, -0.15) is 0 Å². The minimum atomic E-state index is -0.558. The predicted molar refractivity (Wildman–Crippen MR) is 173 cm³/mol. The Morgan fingerprint density at radius 3 is 2.14 bits per heavy atom. The summed E-state index contributed by atoms with van der Waals surface area (Å²) in [5.41, 5.74) is 4.12. The van der Waals surface area contributed by atoms with E-state index in [0.29, 0.717) is 26.9 Å². The number of halogens is 2. The topological polar surface area (TPSA) is 87.3 Å². The Kier molecular flexibility index (Phi) is 10.5. The van der Waals surface area contributed by atoms with Crippen molar-refractivity contribution in [2.75, 3.05) is 10.6 Å². The molecular weight excluding hydrogens is 589 g/mol. The second-order valence-electron chi connectivity index (χ2n) is 9.56. The highest BCUT2D eigenvalue weighted by molar-refractivity contribution is 8.00. The van der Waals surface area contributed by atoms with Gasteiger partial charge in [-0.25, -0.2) is 0 Å². The predicted octanol–water partition coefficient (Wildman–Crippen LogP) is 8.14. The molecule has 0 bridgehead atoms. The fraction of sp³-hybridized carbons (Fsp3) is 0.121. The van der Waals surface area contributed by atoms with Crippen LogP contribution in [0.5, 0.6) is 0 Å². The summed E-state index contributed by atoms with van der Waals surface area (Å²) in [7, 11) is 0. The highest BCUT2D eigenvalue weighted by Gasteiger charge is 2.18. The Labute approximate surface area is 259 Å². The Morgan fingerprint density at radius 2 is 1.48 bits per heavy atom. The first-order chi connectivity index (χ1) is 20.1. The van der Waals surface area contributed by atoms with E-state index in [1.165, 1.54) is 17.8 Å². The van der Waals surface area contributed by atoms with Gasteiger partial charge < -0.3 is 16.0 Å². The van der Waals surface area contributed by atoms with Gasteiger partial charge in [0.1, 0.15) is 5.70 Å². The summed E-state index contributed by atoms with van der Waals surface area (Å²) in [5.74, 6) is -1.12. The molecule has 1 unspecified atom stereocenters. The van der Waals surface area contributed by atoms with Crippen molar-refractivity contribution >= 4 is 70.1 Å². The zero-order valence-electron chi connectivity index (χ0n) is 23.2. The van der Waals surface area contributed by atoms with E-state index in [1.807, 2.05) is 51.1 Å². The number of carbonyl (C=O) groups excluding carboxylic acids is 3. The van der Waals surface area contributed by atoms with E-state index >= 15 is 0 Å². The Balaban J connectivity index is 1.46. The number of nitrogens with one attached hydrogen (secondary N) is 3. The van der Waals surface area contributed by atoms with Crippen LogP contribution in [0.25, 0.3) is 6.08 Å². The van der Waals surface area contributed by atoms with Crippen molar-refractivity contribution in [2.45, 2.75) is 30.9 Å². The molecule has 0 saturated heterocycles. The van der Waals surface area contributed by atoms with Crippen LogP contribution in [0, 0.1) is 13.8 Å². The molecule has 4 aromatic rings. The molecule has 42 heavy (non-hydrogen) atoms. The fourth-order valence-corrected chi connectivity index (χ4v) is 5.29. The molecule has 0 aliphatic heterocycles. The van der Waals surface area contributed by atoms with Crippen molar-refractivity contribution in [3.05, 3.63) is 129 Å². The molecule has 3 N–H and O–H groups in total. The molecule has 0 aromatic heterocycles. The van der Waals surface area contributed by atoms with Crippen molar-refractivity contribution in [3.63, 3.8) is 0 Å². The number of thioether (sulfide) groups is 1. The van der Waals surface area contributed by atoms with Crippen LogP contribution in [-0.4, -0.2) is 23.0 Å². The van der Waals surface area contributed by atoms with Crippen molar-refractivity contribution in [1.29, 1.82) is 0 Å². The average molecular weight is 619 g/mol. The van der Waals surface area contributed by atoms with Gasteiger partial charge in [-0.15, -0.1) is 11.8 Å². The first kappa shape index (κ1) is 30.9. The smallest absolute Gasteiger partial charge is 0.272 e. The molecule has 0 radical (unpaired) electrons. The molecule has 0 aliphatic rings. The van der Waals surface area contributed by atoms with Gasteiger partial charge in [0.2, 0.25) is 5.91 Å². The monoisotopic (exact) mass is 617 g/mol. The zero-order valence-corrected chi connectivity index (χ0v) is 25.5. The van der Waals surface area contributed by atoms with Gasteiger partial charge in [0.05, 0.1) is 5.25 Å². The Hall–Kier alpha value is -4.04. The third kappa shape index (κ3) is 8.26. The van der Waals surface area contributed by atoms with Crippen LogP contribution in [0.1, 0.15) is 34.0 Å². The highest BCUT2D eigenvalue weighted by atomic mass is 35.5. The fourth-order valence-electron chi connectivity index (χ4n) is 3.91. The van der Waals surface area contributed by atoms with Crippen molar-refractivity contribution in [1.82, 2.24) is 5.32 Å². The molecule has 9 heteroatoms. The molecule has 0 fully saturated rings. The number of carbonyl (C=O) groups is 3. The van der Waals surface area contributed by atoms with Crippen molar-refractivity contribution < 1.29 is 14.4 Å². The second-order valence-corrected chi connectivity index (χ2v) is 11.8. The Morgan fingerprint density at radius 1 is 0.810 bits per heavy atom. The van der Waals surface area contributed by atoms with Crippen LogP contribution < -0.4 is 16.0 Å². The molecule has 3 amide bonds. The minimum Gasteiger partial charge on any atom is -0.325 e. The molecule has 6 nitrogen and oxygen atoms in total. The highest BCUT2D eigenvalue weighted by Crippen LogP contribution is 2.28. The molecule has 0 saturated carbocycles. The summed E-state index contributed by atoms with van der Waals surface area (Å²) in [4.78, 5) is 39.9. The Bertz CT molecular complexity index is 1620. The minimum absolute atomic E-state index is 0.0333. The molecular formula is C33H29Cl2N3O3S. The number of hydrogen-bond acceptors (Lipinski definition) is 4. The standard InChI is InChI=1S/C33H29Cl2N3O3S/c1-20-12-13-21(2)29(18-20)37-31(39)22(3)42-25-16-14-24(15-17-25)36-33(41)30(19-26-27(34)10-7-11-28(26)35)38-32(40)23-8-5-4-6-9-23/h4-19,22H,1-3H3,(H,36,41)(H,37,39)(H,38,40)/b30-19-. The molecule has 0 aliphatic carbocycles. The lowest BCUT2D eigenvalue weighted by molar-refractivity contribution is -0.115.